The van der Waals surface area contributed by atoms with Crippen molar-refractivity contribution in [1.29, 1.82) is 0 Å². The first kappa shape index (κ1) is 12.1. The third-order valence-corrected chi connectivity index (χ3v) is 2.94. The Morgan fingerprint density at radius 2 is 1.83 bits per heavy atom. The maximum absolute atomic E-state index is 11.3. The fourth-order valence-corrected chi connectivity index (χ4v) is 2.02. The molecule has 2 nitrogen and oxygen atoms in total. The van der Waals surface area contributed by atoms with Gasteiger partial charge in [-0.1, -0.05) is 13.8 Å². The van der Waals surface area contributed by atoms with Gasteiger partial charge in [-0.05, 0) is 19.8 Å². The number of rotatable bonds is 6. The van der Waals surface area contributed by atoms with E-state index in [1.807, 2.05) is 13.8 Å². The minimum atomic E-state index is -0.692. The van der Waals surface area contributed by atoms with Gasteiger partial charge in [0.15, 0.2) is 0 Å². The smallest absolute Gasteiger partial charge is 0.0585 e. The van der Waals surface area contributed by atoms with E-state index in [2.05, 4.69) is 13.8 Å². The maximum Gasteiger partial charge on any atom is 0.0585 e. The zero-order valence-corrected chi connectivity index (χ0v) is 9.32. The third-order valence-electron chi connectivity index (χ3n) is 1.28. The molecule has 12 heavy (non-hydrogen) atoms. The van der Waals surface area contributed by atoms with Gasteiger partial charge >= 0.3 is 0 Å². The molecule has 0 aromatic heterocycles. The first-order valence-electron chi connectivity index (χ1n) is 4.49. The maximum atomic E-state index is 11.3. The lowest BCUT2D eigenvalue weighted by Crippen LogP contribution is -2.14. The van der Waals surface area contributed by atoms with Crippen LogP contribution >= 0.6 is 0 Å². The molecule has 74 valence electrons. The molecular formula is C9H20O2S. The molecule has 0 N–H and O–H groups in total. The molecule has 3 heteroatoms. The van der Waals surface area contributed by atoms with E-state index in [0.29, 0.717) is 18.3 Å². The van der Waals surface area contributed by atoms with Crippen LogP contribution in [-0.4, -0.2) is 28.4 Å². The van der Waals surface area contributed by atoms with Gasteiger partial charge in [0.1, 0.15) is 0 Å². The Labute approximate surface area is 78.1 Å². The summed E-state index contributed by atoms with van der Waals surface area (Å²) < 4.78 is 16.6. The predicted molar refractivity (Wildman–Crippen MR) is 53.8 cm³/mol. The van der Waals surface area contributed by atoms with E-state index < -0.39 is 10.8 Å². The van der Waals surface area contributed by atoms with E-state index in [0.717, 1.165) is 5.75 Å². The van der Waals surface area contributed by atoms with Gasteiger partial charge in [0.05, 0.1) is 12.7 Å². The van der Waals surface area contributed by atoms with Crippen molar-refractivity contribution in [3.8, 4) is 0 Å². The summed E-state index contributed by atoms with van der Waals surface area (Å²) in [6.07, 6.45) is 0.251. The van der Waals surface area contributed by atoms with Crippen LogP contribution in [0.1, 0.15) is 27.7 Å². The molecule has 1 unspecified atom stereocenters. The summed E-state index contributed by atoms with van der Waals surface area (Å²) >= 11 is 0. The SMILES string of the molecule is CC(C)CS(=O)CCOC(C)C. The number of hydrogen-bond donors (Lipinski definition) is 0. The zero-order valence-electron chi connectivity index (χ0n) is 8.50. The first-order valence-corrected chi connectivity index (χ1v) is 5.97. The van der Waals surface area contributed by atoms with Crippen molar-refractivity contribution in [3.63, 3.8) is 0 Å². The van der Waals surface area contributed by atoms with E-state index >= 15 is 0 Å². The lowest BCUT2D eigenvalue weighted by Gasteiger charge is -2.08. The van der Waals surface area contributed by atoms with Crippen LogP contribution in [0, 0.1) is 5.92 Å². The van der Waals surface area contributed by atoms with Gasteiger partial charge in [0, 0.05) is 22.3 Å². The molecule has 0 radical (unpaired) electrons. The Hall–Kier alpha value is 0.110. The molecule has 0 fully saturated rings. The van der Waals surface area contributed by atoms with Gasteiger partial charge in [-0.3, -0.25) is 4.21 Å². The lowest BCUT2D eigenvalue weighted by atomic mass is 10.3. The molecule has 0 rings (SSSR count). The van der Waals surface area contributed by atoms with Gasteiger partial charge in [-0.2, -0.15) is 0 Å². The average Bonchev–Trinajstić information content (AvgIpc) is 1.84. The van der Waals surface area contributed by atoms with Gasteiger partial charge in [-0.15, -0.1) is 0 Å². The summed E-state index contributed by atoms with van der Waals surface area (Å²) in [6.45, 7) is 8.77. The first-order chi connectivity index (χ1) is 5.52. The quantitative estimate of drug-likeness (QED) is 0.641. The Morgan fingerprint density at radius 1 is 1.25 bits per heavy atom. The molecule has 0 aromatic carbocycles. The summed E-state index contributed by atoms with van der Waals surface area (Å²) in [5, 5.41) is 0. The highest BCUT2D eigenvalue weighted by Crippen LogP contribution is 1.97. The number of hydrogen-bond acceptors (Lipinski definition) is 2. The molecular weight excluding hydrogens is 172 g/mol. The molecule has 0 heterocycles. The summed E-state index contributed by atoms with van der Waals surface area (Å²) in [5.41, 5.74) is 0. The fourth-order valence-electron chi connectivity index (χ4n) is 0.832. The monoisotopic (exact) mass is 192 g/mol. The normalized spacial score (nSPS) is 14.2. The third kappa shape index (κ3) is 8.21. The molecule has 0 bridgehead atoms. The van der Waals surface area contributed by atoms with Gasteiger partial charge in [0.25, 0.3) is 0 Å². The van der Waals surface area contributed by atoms with Crippen molar-refractivity contribution in [2.45, 2.75) is 33.8 Å². The highest BCUT2D eigenvalue weighted by Gasteiger charge is 2.03. The van der Waals surface area contributed by atoms with Crippen molar-refractivity contribution in [2.75, 3.05) is 18.1 Å². The molecule has 0 saturated carbocycles. The van der Waals surface area contributed by atoms with Crippen LogP contribution < -0.4 is 0 Å². The Balaban J connectivity index is 3.32. The van der Waals surface area contributed by atoms with Crippen molar-refractivity contribution in [1.82, 2.24) is 0 Å². The van der Waals surface area contributed by atoms with Crippen LogP contribution in [0.3, 0.4) is 0 Å². The van der Waals surface area contributed by atoms with Crippen LogP contribution in [0.4, 0.5) is 0 Å². The standard InChI is InChI=1S/C9H20O2S/c1-8(2)7-12(10)6-5-11-9(3)4/h8-9H,5-7H2,1-4H3. The number of ether oxygens (including phenoxy) is 1. The van der Waals surface area contributed by atoms with Crippen LogP contribution in [0.2, 0.25) is 0 Å². The molecule has 0 aliphatic rings. The van der Waals surface area contributed by atoms with Crippen molar-refractivity contribution in [2.24, 2.45) is 5.92 Å². The summed E-state index contributed by atoms with van der Waals surface area (Å²) in [4.78, 5) is 0. The molecule has 0 amide bonds. The van der Waals surface area contributed by atoms with E-state index in [-0.39, 0.29) is 6.10 Å². The largest absolute Gasteiger partial charge is 0.378 e. The average molecular weight is 192 g/mol. The van der Waals surface area contributed by atoms with Crippen LogP contribution in [0.5, 0.6) is 0 Å². The highest BCUT2D eigenvalue weighted by atomic mass is 32.2. The highest BCUT2D eigenvalue weighted by molar-refractivity contribution is 7.85. The summed E-state index contributed by atoms with van der Waals surface area (Å²) in [6, 6.07) is 0. The minimum Gasteiger partial charge on any atom is -0.378 e. The van der Waals surface area contributed by atoms with Gasteiger partial charge < -0.3 is 4.74 Å². The Bertz CT molecular complexity index is 132. The molecule has 0 spiro atoms. The summed E-state index contributed by atoms with van der Waals surface area (Å²) in [7, 11) is -0.692. The second kappa shape index (κ2) is 6.61. The molecule has 0 aromatic rings. The zero-order chi connectivity index (χ0) is 9.56. The van der Waals surface area contributed by atoms with Crippen molar-refractivity contribution in [3.05, 3.63) is 0 Å². The van der Waals surface area contributed by atoms with Crippen molar-refractivity contribution >= 4 is 10.8 Å². The van der Waals surface area contributed by atoms with Crippen molar-refractivity contribution < 1.29 is 8.95 Å². The van der Waals surface area contributed by atoms with E-state index in [1.165, 1.54) is 0 Å². The minimum absolute atomic E-state index is 0.251. The van der Waals surface area contributed by atoms with Crippen LogP contribution in [0.25, 0.3) is 0 Å². The molecule has 0 aliphatic carbocycles. The second-order valence-corrected chi connectivity index (χ2v) is 5.25. The topological polar surface area (TPSA) is 26.3 Å². The summed E-state index contributed by atoms with van der Waals surface area (Å²) in [5.74, 6) is 1.99. The van der Waals surface area contributed by atoms with Gasteiger partial charge in [0.2, 0.25) is 0 Å². The predicted octanol–water partition coefficient (Wildman–Crippen LogP) is 1.82. The van der Waals surface area contributed by atoms with Gasteiger partial charge in [-0.25, -0.2) is 0 Å². The lowest BCUT2D eigenvalue weighted by molar-refractivity contribution is 0.0916. The molecule has 0 aliphatic heterocycles. The van der Waals surface area contributed by atoms with E-state index in [9.17, 15) is 4.21 Å². The van der Waals surface area contributed by atoms with E-state index in [1.54, 1.807) is 0 Å². The molecule has 0 saturated heterocycles. The fraction of sp³-hybridized carbons (Fsp3) is 1.00. The Morgan fingerprint density at radius 3 is 2.25 bits per heavy atom. The Kier molecular flexibility index (Phi) is 6.67. The van der Waals surface area contributed by atoms with Crippen LogP contribution in [0.15, 0.2) is 0 Å². The van der Waals surface area contributed by atoms with Crippen LogP contribution in [-0.2, 0) is 15.5 Å². The molecule has 1 atom stereocenters. The van der Waals surface area contributed by atoms with E-state index in [4.69, 9.17) is 4.74 Å². The second-order valence-electron chi connectivity index (χ2n) is 3.62.